The molecule has 31 heavy (non-hydrogen) atoms. The van der Waals surface area contributed by atoms with Gasteiger partial charge in [0.1, 0.15) is 7.85 Å². The number of nitrogens with two attached hydrogens (primary N) is 3. The lowest BCUT2D eigenvalue weighted by molar-refractivity contribution is 0.372. The van der Waals surface area contributed by atoms with Gasteiger partial charge in [0, 0.05) is 39.8 Å². The van der Waals surface area contributed by atoms with Gasteiger partial charge in [-0.2, -0.15) is 0 Å². The molecule has 0 radical (unpaired) electrons. The molecule has 0 aromatic heterocycles. The third-order valence-electron chi connectivity index (χ3n) is 5.47. The maximum absolute atomic E-state index is 10.8. The number of aromatic hydroxyl groups is 7. The number of phenolic OH excluding ortho intramolecular Hbond substituents is 7. The Bertz CT molecular complexity index is 1450. The summed E-state index contributed by atoms with van der Waals surface area (Å²) in [6.07, 6.45) is 0. The number of anilines is 3. The molecular formula is C18H16BN3O8S. The average Bonchev–Trinajstić information content (AvgIpc) is 2.75. The van der Waals surface area contributed by atoms with E-state index in [1.165, 1.54) is 7.85 Å². The van der Waals surface area contributed by atoms with Crippen LogP contribution in [0.25, 0.3) is 32.3 Å². The molecule has 160 valence electrons. The van der Waals surface area contributed by atoms with Crippen LogP contribution in [0, 0.1) is 0 Å². The number of phenols is 7. The lowest BCUT2D eigenvalue weighted by Crippen LogP contribution is -2.10. The summed E-state index contributed by atoms with van der Waals surface area (Å²) in [6.45, 7) is 0. The van der Waals surface area contributed by atoms with Crippen molar-refractivity contribution in [2.75, 3.05) is 17.2 Å². The summed E-state index contributed by atoms with van der Waals surface area (Å²) in [5, 5.41) is 72.0. The Balaban J connectivity index is 2.65. The first-order chi connectivity index (χ1) is 14.5. The zero-order chi connectivity index (χ0) is 23.1. The first-order valence-corrected chi connectivity index (χ1v) is 8.93. The highest BCUT2D eigenvalue weighted by atomic mass is 32.1. The number of hydrogen-bond donors (Lipinski definition) is 11. The molecule has 0 saturated carbocycles. The van der Waals surface area contributed by atoms with Gasteiger partial charge in [-0.15, -0.1) is 0 Å². The van der Waals surface area contributed by atoms with Crippen molar-refractivity contribution in [1.29, 1.82) is 0 Å². The van der Waals surface area contributed by atoms with E-state index in [1.807, 2.05) is 0 Å². The van der Waals surface area contributed by atoms with Crippen molar-refractivity contribution in [3.8, 4) is 46.0 Å². The van der Waals surface area contributed by atoms with Crippen molar-refractivity contribution < 1.29 is 39.9 Å². The molecule has 0 spiro atoms. The number of hydrogen-bond acceptors (Lipinski definition) is 12. The zero-order valence-corrected chi connectivity index (χ0v) is 16.6. The third kappa shape index (κ3) is 2.20. The van der Waals surface area contributed by atoms with Crippen LogP contribution in [0.15, 0.2) is 0 Å². The van der Waals surface area contributed by atoms with Crippen LogP contribution in [0.1, 0.15) is 0 Å². The number of fused-ring (bicyclic) bond motifs is 6. The largest absolute Gasteiger partial charge is 0.505 e. The summed E-state index contributed by atoms with van der Waals surface area (Å²) in [5.41, 5.74) is 17.1. The van der Waals surface area contributed by atoms with Crippen molar-refractivity contribution in [2.24, 2.45) is 0 Å². The highest BCUT2D eigenvalue weighted by Crippen LogP contribution is 2.59. The Labute approximate surface area is 179 Å². The molecule has 4 aromatic rings. The maximum atomic E-state index is 10.8. The summed E-state index contributed by atoms with van der Waals surface area (Å²) in [7, 11) is 1.40. The molecular weight excluding hydrogens is 429 g/mol. The van der Waals surface area contributed by atoms with Crippen LogP contribution < -0.4 is 26.8 Å². The van der Waals surface area contributed by atoms with Gasteiger partial charge in [0.25, 0.3) is 0 Å². The fraction of sp³-hybridized carbons (Fsp3) is 0. The van der Waals surface area contributed by atoms with Gasteiger partial charge in [0.15, 0.2) is 28.7 Å². The highest BCUT2D eigenvalue weighted by Gasteiger charge is 2.30. The first-order valence-electron chi connectivity index (χ1n) is 8.57. The minimum atomic E-state index is -0.984. The lowest BCUT2D eigenvalue weighted by Gasteiger charge is -2.22. The summed E-state index contributed by atoms with van der Waals surface area (Å²) in [4.78, 5) is 0. The van der Waals surface area contributed by atoms with Crippen LogP contribution in [-0.2, 0) is 0 Å². The second-order valence-corrected chi connectivity index (χ2v) is 7.16. The van der Waals surface area contributed by atoms with Crippen molar-refractivity contribution >= 4 is 75.6 Å². The van der Waals surface area contributed by atoms with Gasteiger partial charge in [0.2, 0.25) is 17.2 Å². The summed E-state index contributed by atoms with van der Waals surface area (Å²) < 4.78 is 4.79. The predicted molar refractivity (Wildman–Crippen MR) is 122 cm³/mol. The molecule has 13 N–H and O–H groups in total. The second-order valence-electron chi connectivity index (χ2n) is 6.98. The SMILES string of the molecule is Bc1c(O)c(O)c(N)c2c1c1c(N)c(OS)c(O)c(O)c1c1c(N)c(O)c(O)c(O)c21. The van der Waals surface area contributed by atoms with E-state index < -0.39 is 57.4 Å². The normalized spacial score (nSPS) is 11.5. The molecule has 13 heteroatoms. The fourth-order valence-corrected chi connectivity index (χ4v) is 4.17. The molecule has 0 unspecified atom stereocenters. The molecule has 0 bridgehead atoms. The molecule has 0 aliphatic heterocycles. The van der Waals surface area contributed by atoms with Crippen molar-refractivity contribution in [3.63, 3.8) is 0 Å². The minimum Gasteiger partial charge on any atom is -0.505 e. The summed E-state index contributed by atoms with van der Waals surface area (Å²) in [5.74, 6) is -6.15. The number of benzene rings is 4. The van der Waals surface area contributed by atoms with E-state index in [9.17, 15) is 35.7 Å². The summed E-state index contributed by atoms with van der Waals surface area (Å²) in [6, 6.07) is 0. The van der Waals surface area contributed by atoms with Crippen molar-refractivity contribution in [3.05, 3.63) is 0 Å². The van der Waals surface area contributed by atoms with Crippen LogP contribution in [-0.4, -0.2) is 43.6 Å². The molecule has 0 amide bonds. The average molecular weight is 445 g/mol. The van der Waals surface area contributed by atoms with E-state index in [-0.39, 0.29) is 43.5 Å². The van der Waals surface area contributed by atoms with Gasteiger partial charge in [-0.05, 0) is 10.8 Å². The predicted octanol–water partition coefficient (Wildman–Crippen LogP) is 0.314. The van der Waals surface area contributed by atoms with E-state index in [1.54, 1.807) is 0 Å². The Morgan fingerprint density at radius 3 is 1.45 bits per heavy atom. The quantitative estimate of drug-likeness (QED) is 0.0363. The van der Waals surface area contributed by atoms with Gasteiger partial charge in [-0.1, -0.05) is 0 Å². The van der Waals surface area contributed by atoms with Crippen LogP contribution >= 0.6 is 12.9 Å². The fourth-order valence-electron chi connectivity index (χ4n) is 3.98. The first kappa shape index (κ1) is 20.2. The molecule has 4 aromatic carbocycles. The maximum Gasteiger partial charge on any atom is 0.205 e. The van der Waals surface area contributed by atoms with Gasteiger partial charge < -0.3 is 57.1 Å². The topological polar surface area (TPSA) is 229 Å². The van der Waals surface area contributed by atoms with Gasteiger partial charge in [-0.3, -0.25) is 0 Å². The molecule has 11 nitrogen and oxygen atoms in total. The van der Waals surface area contributed by atoms with Crippen LogP contribution in [0.2, 0.25) is 0 Å². The second kappa shape index (κ2) is 6.19. The molecule has 0 aliphatic rings. The minimum absolute atomic E-state index is 0.0287. The van der Waals surface area contributed by atoms with Gasteiger partial charge in [-0.25, -0.2) is 0 Å². The van der Waals surface area contributed by atoms with Crippen LogP contribution in [0.4, 0.5) is 17.1 Å². The van der Waals surface area contributed by atoms with Gasteiger partial charge in [0.05, 0.1) is 17.1 Å². The molecule has 4 rings (SSSR count). The Kier molecular flexibility index (Phi) is 4.02. The number of thiol groups is 1. The molecule has 0 atom stereocenters. The van der Waals surface area contributed by atoms with Crippen molar-refractivity contribution in [2.45, 2.75) is 0 Å². The van der Waals surface area contributed by atoms with Crippen LogP contribution in [0.3, 0.4) is 0 Å². The highest BCUT2D eigenvalue weighted by molar-refractivity contribution is 7.75. The Morgan fingerprint density at radius 2 is 0.935 bits per heavy atom. The van der Waals surface area contributed by atoms with E-state index in [0.29, 0.717) is 0 Å². The molecule has 0 heterocycles. The van der Waals surface area contributed by atoms with Gasteiger partial charge >= 0.3 is 0 Å². The van der Waals surface area contributed by atoms with E-state index in [0.717, 1.165) is 0 Å². The Morgan fingerprint density at radius 1 is 0.516 bits per heavy atom. The number of rotatable bonds is 1. The third-order valence-corrected chi connectivity index (χ3v) is 5.65. The molecule has 0 saturated heterocycles. The number of nitrogen functional groups attached to an aromatic ring is 3. The zero-order valence-electron chi connectivity index (χ0n) is 15.7. The van der Waals surface area contributed by atoms with E-state index >= 15 is 0 Å². The van der Waals surface area contributed by atoms with E-state index in [4.69, 9.17) is 21.4 Å². The van der Waals surface area contributed by atoms with Crippen molar-refractivity contribution in [1.82, 2.24) is 0 Å². The molecule has 0 aliphatic carbocycles. The lowest BCUT2D eigenvalue weighted by atomic mass is 9.81. The monoisotopic (exact) mass is 445 g/mol. The smallest absolute Gasteiger partial charge is 0.205 e. The standard InChI is InChI=1S/C18H16BN3O8S/c19-7-1-2(8(20)14(26)13(7)25)5-4(9(21)15(27)16(28)11(5)23)6-3(1)10(22)18(30-31)17(29)12(6)24/h23-29,31H,19-22H2. The summed E-state index contributed by atoms with van der Waals surface area (Å²) >= 11 is 3.64. The van der Waals surface area contributed by atoms with E-state index in [2.05, 4.69) is 12.9 Å². The molecule has 0 fully saturated rings. The van der Waals surface area contributed by atoms with Crippen LogP contribution in [0.5, 0.6) is 46.0 Å². The Hall–Kier alpha value is -4.13.